The number of piperidine rings is 1. The minimum atomic E-state index is -0.412. The molecule has 0 radical (unpaired) electrons. The molecular formula is C20H29NO3. The normalized spacial score (nSPS) is 21.3. The van der Waals surface area contributed by atoms with Gasteiger partial charge in [0.05, 0.1) is 6.08 Å². The molecule has 0 saturated carbocycles. The van der Waals surface area contributed by atoms with Crippen LogP contribution in [0.4, 0.5) is 0 Å². The van der Waals surface area contributed by atoms with Crippen LogP contribution in [0.1, 0.15) is 47.5 Å². The SMILES string of the molecule is C/C(=C/C(=O)Oc1ccccc1)OC1CC(C)(C)N(C)C(C)(C)C1. The van der Waals surface area contributed by atoms with Gasteiger partial charge in [-0.2, -0.15) is 0 Å². The Morgan fingerprint density at radius 3 is 2.21 bits per heavy atom. The molecule has 0 atom stereocenters. The number of hydrogen-bond acceptors (Lipinski definition) is 4. The zero-order chi connectivity index (χ0) is 18.0. The Morgan fingerprint density at radius 1 is 1.12 bits per heavy atom. The first-order valence-electron chi connectivity index (χ1n) is 8.46. The first-order chi connectivity index (χ1) is 11.1. The number of ether oxygens (including phenoxy) is 2. The summed E-state index contributed by atoms with van der Waals surface area (Å²) in [6.07, 6.45) is 3.36. The fourth-order valence-corrected chi connectivity index (χ4v) is 3.46. The van der Waals surface area contributed by atoms with Crippen molar-refractivity contribution in [2.45, 2.75) is 64.6 Å². The van der Waals surface area contributed by atoms with Gasteiger partial charge in [0.2, 0.25) is 0 Å². The van der Waals surface area contributed by atoms with Crippen LogP contribution in [0.15, 0.2) is 42.2 Å². The molecule has 0 aromatic heterocycles. The number of para-hydroxylation sites is 1. The molecule has 132 valence electrons. The number of allylic oxidation sites excluding steroid dienone is 1. The quantitative estimate of drug-likeness (QED) is 0.359. The van der Waals surface area contributed by atoms with E-state index in [2.05, 4.69) is 39.6 Å². The summed E-state index contributed by atoms with van der Waals surface area (Å²) in [5.41, 5.74) is 0.106. The molecule has 0 unspecified atom stereocenters. The van der Waals surface area contributed by atoms with Crippen molar-refractivity contribution in [2.24, 2.45) is 0 Å². The summed E-state index contributed by atoms with van der Waals surface area (Å²) in [5.74, 6) is 0.718. The number of esters is 1. The van der Waals surface area contributed by atoms with Gasteiger partial charge in [-0.3, -0.25) is 4.90 Å². The summed E-state index contributed by atoms with van der Waals surface area (Å²) in [6.45, 7) is 10.7. The van der Waals surface area contributed by atoms with E-state index < -0.39 is 5.97 Å². The maximum Gasteiger partial charge on any atom is 0.339 e. The highest BCUT2D eigenvalue weighted by atomic mass is 16.5. The van der Waals surface area contributed by atoms with Crippen molar-refractivity contribution in [3.05, 3.63) is 42.2 Å². The van der Waals surface area contributed by atoms with Gasteiger partial charge in [-0.15, -0.1) is 0 Å². The number of hydrogen-bond donors (Lipinski definition) is 0. The molecule has 1 saturated heterocycles. The van der Waals surface area contributed by atoms with Gasteiger partial charge in [-0.1, -0.05) is 18.2 Å². The van der Waals surface area contributed by atoms with E-state index in [1.165, 1.54) is 6.08 Å². The summed E-state index contributed by atoms with van der Waals surface area (Å²) in [5, 5.41) is 0. The molecule has 1 aliphatic heterocycles. The zero-order valence-electron chi connectivity index (χ0n) is 15.6. The Balaban J connectivity index is 1.98. The highest BCUT2D eigenvalue weighted by Crippen LogP contribution is 2.38. The zero-order valence-corrected chi connectivity index (χ0v) is 15.6. The Morgan fingerprint density at radius 2 is 1.67 bits per heavy atom. The van der Waals surface area contributed by atoms with Crippen molar-refractivity contribution < 1.29 is 14.3 Å². The number of carbonyl (C=O) groups excluding carboxylic acids is 1. The van der Waals surface area contributed by atoms with E-state index in [9.17, 15) is 4.79 Å². The Kier molecular flexibility index (Phi) is 5.38. The molecule has 0 aliphatic carbocycles. The third kappa shape index (κ3) is 4.60. The lowest BCUT2D eigenvalue weighted by Gasteiger charge is -2.53. The summed E-state index contributed by atoms with van der Waals surface area (Å²) in [4.78, 5) is 14.4. The third-order valence-electron chi connectivity index (χ3n) is 4.91. The van der Waals surface area contributed by atoms with Crippen LogP contribution >= 0.6 is 0 Å². The van der Waals surface area contributed by atoms with Gasteiger partial charge >= 0.3 is 5.97 Å². The van der Waals surface area contributed by atoms with Crippen LogP contribution in [0, 0.1) is 0 Å². The maximum absolute atomic E-state index is 12.0. The molecule has 1 aromatic carbocycles. The lowest BCUT2D eigenvalue weighted by atomic mass is 9.79. The molecule has 1 aromatic rings. The van der Waals surface area contributed by atoms with Crippen LogP contribution in [0.2, 0.25) is 0 Å². The highest BCUT2D eigenvalue weighted by Gasteiger charge is 2.43. The Labute approximate surface area is 145 Å². The van der Waals surface area contributed by atoms with Crippen LogP contribution in [0.3, 0.4) is 0 Å². The standard InChI is InChI=1S/C20H29NO3/c1-15(12-18(22)24-16-10-8-7-9-11-16)23-17-13-19(2,3)21(6)20(4,5)14-17/h7-12,17H,13-14H2,1-6H3/b15-12-. The molecule has 0 spiro atoms. The number of likely N-dealkylation sites (tertiary alicyclic amines) is 1. The van der Waals surface area contributed by atoms with E-state index >= 15 is 0 Å². The molecule has 2 rings (SSSR count). The molecule has 4 nitrogen and oxygen atoms in total. The maximum atomic E-state index is 12.0. The van der Waals surface area contributed by atoms with Crippen molar-refractivity contribution >= 4 is 5.97 Å². The molecule has 1 fully saturated rings. The Bertz CT molecular complexity index is 587. The second-order valence-corrected chi connectivity index (χ2v) is 7.82. The van der Waals surface area contributed by atoms with Crippen molar-refractivity contribution in [1.29, 1.82) is 0 Å². The van der Waals surface area contributed by atoms with Gasteiger partial charge in [0.15, 0.2) is 0 Å². The van der Waals surface area contributed by atoms with Crippen LogP contribution in [0.25, 0.3) is 0 Å². The predicted molar refractivity (Wildman–Crippen MR) is 95.9 cm³/mol. The number of carbonyl (C=O) groups is 1. The van der Waals surface area contributed by atoms with Gasteiger partial charge in [0, 0.05) is 23.9 Å². The molecular weight excluding hydrogens is 302 g/mol. The monoisotopic (exact) mass is 331 g/mol. The first kappa shape index (κ1) is 18.5. The minimum Gasteiger partial charge on any atom is -0.495 e. The number of nitrogens with zero attached hydrogens (tertiary/aromatic N) is 1. The highest BCUT2D eigenvalue weighted by molar-refractivity contribution is 5.84. The lowest BCUT2D eigenvalue weighted by molar-refractivity contribution is -0.129. The summed E-state index contributed by atoms with van der Waals surface area (Å²) >= 11 is 0. The van der Waals surface area contributed by atoms with Crippen LogP contribution < -0.4 is 4.74 Å². The fourth-order valence-electron chi connectivity index (χ4n) is 3.46. The van der Waals surface area contributed by atoms with E-state index in [0.29, 0.717) is 11.5 Å². The van der Waals surface area contributed by atoms with Gasteiger partial charge in [-0.05, 0) is 53.8 Å². The van der Waals surface area contributed by atoms with E-state index in [4.69, 9.17) is 9.47 Å². The molecule has 24 heavy (non-hydrogen) atoms. The largest absolute Gasteiger partial charge is 0.495 e. The van der Waals surface area contributed by atoms with E-state index in [-0.39, 0.29) is 17.2 Å². The molecule has 0 amide bonds. The predicted octanol–water partition coefficient (Wildman–Crippen LogP) is 4.16. The Hall–Kier alpha value is -1.81. The summed E-state index contributed by atoms with van der Waals surface area (Å²) < 4.78 is 11.3. The molecule has 1 aliphatic rings. The van der Waals surface area contributed by atoms with Crippen molar-refractivity contribution in [1.82, 2.24) is 4.90 Å². The van der Waals surface area contributed by atoms with Gasteiger partial charge < -0.3 is 9.47 Å². The number of benzene rings is 1. The molecule has 0 N–H and O–H groups in total. The minimum absolute atomic E-state index is 0.0528. The lowest BCUT2D eigenvalue weighted by Crippen LogP contribution is -2.60. The smallest absolute Gasteiger partial charge is 0.339 e. The van der Waals surface area contributed by atoms with E-state index in [1.807, 2.05) is 25.1 Å². The molecule has 4 heteroatoms. The van der Waals surface area contributed by atoms with Crippen LogP contribution in [0.5, 0.6) is 5.75 Å². The summed E-state index contributed by atoms with van der Waals surface area (Å²) in [7, 11) is 2.16. The first-order valence-corrected chi connectivity index (χ1v) is 8.46. The van der Waals surface area contributed by atoms with Crippen molar-refractivity contribution in [2.75, 3.05) is 7.05 Å². The summed E-state index contributed by atoms with van der Waals surface area (Å²) in [6, 6.07) is 9.05. The van der Waals surface area contributed by atoms with Gasteiger partial charge in [0.1, 0.15) is 17.6 Å². The van der Waals surface area contributed by atoms with Crippen LogP contribution in [-0.4, -0.2) is 35.1 Å². The van der Waals surface area contributed by atoms with Crippen LogP contribution in [-0.2, 0) is 9.53 Å². The molecule has 0 bridgehead atoms. The van der Waals surface area contributed by atoms with Crippen molar-refractivity contribution in [3.63, 3.8) is 0 Å². The van der Waals surface area contributed by atoms with E-state index in [1.54, 1.807) is 12.1 Å². The second kappa shape index (κ2) is 6.98. The van der Waals surface area contributed by atoms with Gasteiger partial charge in [-0.25, -0.2) is 4.79 Å². The average Bonchev–Trinajstić information content (AvgIpc) is 2.44. The number of rotatable bonds is 4. The van der Waals surface area contributed by atoms with E-state index in [0.717, 1.165) is 12.8 Å². The van der Waals surface area contributed by atoms with Crippen molar-refractivity contribution in [3.8, 4) is 5.75 Å². The topological polar surface area (TPSA) is 38.8 Å². The molecule has 1 heterocycles. The second-order valence-electron chi connectivity index (χ2n) is 7.82. The van der Waals surface area contributed by atoms with Gasteiger partial charge in [0.25, 0.3) is 0 Å². The fraction of sp³-hybridized carbons (Fsp3) is 0.550. The average molecular weight is 331 g/mol. The third-order valence-corrected chi connectivity index (χ3v) is 4.91.